The molecular weight excluding hydrogens is 464 g/mol. The van der Waals surface area contributed by atoms with Crippen molar-refractivity contribution in [1.82, 2.24) is 0 Å². The number of nitrogens with two attached hydrogens (primary N) is 1. The van der Waals surface area contributed by atoms with E-state index in [1.807, 2.05) is 0 Å². The van der Waals surface area contributed by atoms with E-state index in [0.29, 0.717) is 0 Å². The van der Waals surface area contributed by atoms with E-state index in [1.54, 1.807) is 0 Å². The van der Waals surface area contributed by atoms with Crippen molar-refractivity contribution in [3.8, 4) is 0 Å². The average Bonchev–Trinajstić information content (AvgIpc) is 3.23. The number of anilines is 1. The monoisotopic (exact) mass is 514 g/mol. The van der Waals surface area contributed by atoms with Crippen molar-refractivity contribution < 1.29 is 9.06 Å². The van der Waals surface area contributed by atoms with Crippen LogP contribution in [0.15, 0.2) is 72.5 Å². The van der Waals surface area contributed by atoms with Crippen molar-refractivity contribution in [2.24, 2.45) is 5.73 Å². The lowest BCUT2D eigenvalue weighted by atomic mass is 9.81. The molecule has 0 unspecified atom stereocenters. The van der Waals surface area contributed by atoms with Gasteiger partial charge >= 0.3 is 0 Å². The van der Waals surface area contributed by atoms with Crippen LogP contribution in [0.2, 0.25) is 0 Å². The van der Waals surface area contributed by atoms with Gasteiger partial charge in [0.15, 0.2) is 5.71 Å². The van der Waals surface area contributed by atoms with Crippen LogP contribution in [-0.2, 0) is 10.8 Å². The molecular formula is C34H50N4+2. The van der Waals surface area contributed by atoms with Crippen LogP contribution in [0.25, 0.3) is 0 Å². The second-order valence-electron chi connectivity index (χ2n) is 12.8. The van der Waals surface area contributed by atoms with Gasteiger partial charge in [-0.2, -0.15) is 4.58 Å². The molecule has 4 nitrogen and oxygen atoms in total. The van der Waals surface area contributed by atoms with Gasteiger partial charge in [-0.05, 0) is 38.1 Å². The Balaban J connectivity index is 1.64. The normalized spacial score (nSPS) is 19.1. The third-order valence-corrected chi connectivity index (χ3v) is 8.67. The fraction of sp³-hybridized carbons (Fsp3) is 0.500. The first-order chi connectivity index (χ1) is 18.0. The molecule has 0 bridgehead atoms. The van der Waals surface area contributed by atoms with E-state index in [2.05, 4.69) is 125 Å². The van der Waals surface area contributed by atoms with Crippen molar-refractivity contribution in [2.75, 3.05) is 51.7 Å². The van der Waals surface area contributed by atoms with Crippen molar-refractivity contribution in [3.05, 3.63) is 83.6 Å². The Hall–Kier alpha value is -2.69. The summed E-state index contributed by atoms with van der Waals surface area (Å²) < 4.78 is 3.55. The molecule has 0 radical (unpaired) electrons. The number of allylic oxidation sites excluding steroid dienone is 4. The Bertz CT molecular complexity index is 1230. The molecule has 2 aromatic rings. The number of hydrogen-bond acceptors (Lipinski definition) is 2. The third kappa shape index (κ3) is 5.39. The molecule has 0 saturated carbocycles. The molecule has 0 saturated heterocycles. The minimum absolute atomic E-state index is 0.0123. The number of hydrogen-bond donors (Lipinski definition) is 1. The molecule has 0 spiro atoms. The molecule has 0 aromatic heterocycles. The van der Waals surface area contributed by atoms with E-state index in [-0.39, 0.29) is 10.8 Å². The number of quaternary nitrogens is 1. The van der Waals surface area contributed by atoms with Crippen molar-refractivity contribution >= 4 is 17.1 Å². The molecule has 0 atom stereocenters. The summed E-state index contributed by atoms with van der Waals surface area (Å²) in [7, 11) is 4.66. The van der Waals surface area contributed by atoms with Crippen LogP contribution in [-0.4, -0.2) is 61.6 Å². The highest BCUT2D eigenvalue weighted by Crippen LogP contribution is 2.47. The van der Waals surface area contributed by atoms with Gasteiger partial charge in [0.25, 0.3) is 0 Å². The van der Waals surface area contributed by atoms with Crippen LogP contribution < -0.4 is 10.6 Å². The van der Waals surface area contributed by atoms with E-state index in [0.717, 1.165) is 56.5 Å². The van der Waals surface area contributed by atoms with Gasteiger partial charge in [0, 0.05) is 60.3 Å². The van der Waals surface area contributed by atoms with Gasteiger partial charge in [0.2, 0.25) is 5.69 Å². The van der Waals surface area contributed by atoms with Crippen LogP contribution in [0, 0.1) is 0 Å². The van der Waals surface area contributed by atoms with Crippen LogP contribution >= 0.6 is 0 Å². The minimum Gasteiger partial charge on any atom is -0.344 e. The van der Waals surface area contributed by atoms with Gasteiger partial charge < -0.3 is 15.1 Å². The predicted molar refractivity (Wildman–Crippen MR) is 164 cm³/mol. The number of rotatable bonds is 11. The fourth-order valence-electron chi connectivity index (χ4n) is 6.51. The van der Waals surface area contributed by atoms with E-state index >= 15 is 0 Å². The van der Waals surface area contributed by atoms with Gasteiger partial charge in [0.05, 0.1) is 32.6 Å². The zero-order valence-electron chi connectivity index (χ0n) is 24.9. The van der Waals surface area contributed by atoms with Crippen molar-refractivity contribution in [1.29, 1.82) is 0 Å². The molecule has 204 valence electrons. The van der Waals surface area contributed by atoms with Crippen molar-refractivity contribution in [2.45, 2.75) is 64.7 Å². The quantitative estimate of drug-likeness (QED) is 0.273. The lowest BCUT2D eigenvalue weighted by Crippen LogP contribution is -2.43. The van der Waals surface area contributed by atoms with Gasteiger partial charge in [-0.15, -0.1) is 0 Å². The molecule has 2 aliphatic rings. The first-order valence-electron chi connectivity index (χ1n) is 14.6. The maximum absolute atomic E-state index is 5.79. The number of para-hydroxylation sites is 2. The summed E-state index contributed by atoms with van der Waals surface area (Å²) in [6.45, 7) is 16.9. The molecule has 0 aliphatic carbocycles. The van der Waals surface area contributed by atoms with E-state index < -0.39 is 0 Å². The molecule has 2 aliphatic heterocycles. The Kier molecular flexibility index (Phi) is 8.34. The lowest BCUT2D eigenvalue weighted by Gasteiger charge is -2.32. The first kappa shape index (κ1) is 28.3. The number of fused-ring (bicyclic) bond motifs is 2. The first-order valence-corrected chi connectivity index (χ1v) is 14.6. The van der Waals surface area contributed by atoms with E-state index in [4.69, 9.17) is 5.73 Å². The van der Waals surface area contributed by atoms with Crippen LogP contribution in [0.4, 0.5) is 11.4 Å². The van der Waals surface area contributed by atoms with Crippen molar-refractivity contribution in [3.63, 3.8) is 0 Å². The second kappa shape index (κ2) is 11.2. The minimum atomic E-state index is -0.0349. The zero-order valence-corrected chi connectivity index (χ0v) is 24.9. The molecule has 4 heteroatoms. The van der Waals surface area contributed by atoms with Gasteiger partial charge in [-0.1, -0.05) is 63.2 Å². The van der Waals surface area contributed by atoms with E-state index in [1.165, 1.54) is 33.9 Å². The fourth-order valence-corrected chi connectivity index (χ4v) is 6.51. The van der Waals surface area contributed by atoms with Gasteiger partial charge in [-0.3, -0.25) is 0 Å². The third-order valence-electron chi connectivity index (χ3n) is 8.67. The summed E-state index contributed by atoms with van der Waals surface area (Å²) in [6, 6.07) is 17.9. The maximum atomic E-state index is 5.79. The highest BCUT2D eigenvalue weighted by molar-refractivity contribution is 6.03. The predicted octanol–water partition coefficient (Wildman–Crippen LogP) is 6.53. The highest BCUT2D eigenvalue weighted by Gasteiger charge is 2.44. The molecule has 2 heterocycles. The molecule has 38 heavy (non-hydrogen) atoms. The van der Waals surface area contributed by atoms with E-state index in [9.17, 15) is 0 Å². The van der Waals surface area contributed by atoms with Crippen LogP contribution in [0.3, 0.4) is 0 Å². The molecule has 2 aromatic carbocycles. The van der Waals surface area contributed by atoms with Gasteiger partial charge in [0.1, 0.15) is 6.54 Å². The Labute approximate surface area is 231 Å². The molecule has 4 rings (SSSR count). The highest BCUT2D eigenvalue weighted by atomic mass is 15.3. The number of benzene rings is 2. The Morgan fingerprint density at radius 3 is 2.26 bits per heavy atom. The second-order valence-corrected chi connectivity index (χ2v) is 12.8. The van der Waals surface area contributed by atoms with Gasteiger partial charge in [-0.25, -0.2) is 0 Å². The summed E-state index contributed by atoms with van der Waals surface area (Å²) in [5, 5.41) is 0. The standard InChI is InChI=1S/C34H50N4/c1-8-23-36-29-18-11-9-16-27(29)33(2,3)31(36)20-13-21-32-34(4,5)28-17-10-12-19-30(28)37(32)24-15-26-38(6,7)25-14-22-35/h9-13,16-21H,8,14-15,22-26,35H2,1-7H3/q+2. The van der Waals surface area contributed by atoms with Crippen LogP contribution in [0.1, 0.15) is 65.0 Å². The topological polar surface area (TPSA) is 32.3 Å². The SMILES string of the molecule is CCC[N+]1=C(C=CC=C2N(CCC[N+](C)(C)CCCN)c3ccccc3C2(C)C)C(C)(C)c2ccccc21. The zero-order chi connectivity index (χ0) is 27.6. The summed E-state index contributed by atoms with van der Waals surface area (Å²) in [4.78, 5) is 2.58. The summed E-state index contributed by atoms with van der Waals surface area (Å²) in [6.07, 6.45) is 10.4. The maximum Gasteiger partial charge on any atom is 0.209 e. The average molecular weight is 515 g/mol. The summed E-state index contributed by atoms with van der Waals surface area (Å²) >= 11 is 0. The molecule has 0 amide bonds. The Morgan fingerprint density at radius 1 is 0.895 bits per heavy atom. The summed E-state index contributed by atoms with van der Waals surface area (Å²) in [5.74, 6) is 0. The molecule has 0 fully saturated rings. The summed E-state index contributed by atoms with van der Waals surface area (Å²) in [5.41, 5.74) is 14.1. The number of nitrogens with zero attached hydrogens (tertiary/aromatic N) is 3. The molecule has 2 N–H and O–H groups in total. The smallest absolute Gasteiger partial charge is 0.209 e. The Morgan fingerprint density at radius 2 is 1.55 bits per heavy atom. The largest absolute Gasteiger partial charge is 0.344 e. The lowest BCUT2D eigenvalue weighted by molar-refractivity contribution is -0.890. The van der Waals surface area contributed by atoms with Crippen LogP contribution in [0.5, 0.6) is 0 Å².